The average Bonchev–Trinajstić information content (AvgIpc) is 3.44. The highest BCUT2D eigenvalue weighted by molar-refractivity contribution is 5.97. The standard InChI is InChI=1S/C29H29FN6O/c1-20-9-10-22-18-24(30)11-12-25(22)36(20)29(37)23-8-5-16-34(19-23)26-13-14-27(33-32-26)35-17-15-31-28(35)21-6-3-2-4-7-21/h2-4,6-7,11-15,17-18,20,23H,5,8-10,16,19H2,1H3. The van der Waals surface area contributed by atoms with Crippen LogP contribution < -0.4 is 9.80 Å². The van der Waals surface area contributed by atoms with E-state index >= 15 is 0 Å². The third kappa shape index (κ3) is 4.48. The molecule has 0 N–H and O–H groups in total. The maximum Gasteiger partial charge on any atom is 0.232 e. The zero-order valence-corrected chi connectivity index (χ0v) is 20.8. The van der Waals surface area contributed by atoms with Crippen LogP contribution in [0.2, 0.25) is 0 Å². The lowest BCUT2D eigenvalue weighted by Crippen LogP contribution is -2.49. The lowest BCUT2D eigenvalue weighted by atomic mass is 9.91. The van der Waals surface area contributed by atoms with Crippen LogP contribution in [0, 0.1) is 11.7 Å². The van der Waals surface area contributed by atoms with Gasteiger partial charge in [0.1, 0.15) is 11.6 Å². The summed E-state index contributed by atoms with van der Waals surface area (Å²) in [6.45, 7) is 3.50. The van der Waals surface area contributed by atoms with Crippen molar-refractivity contribution in [2.75, 3.05) is 22.9 Å². The quantitative estimate of drug-likeness (QED) is 0.395. The summed E-state index contributed by atoms with van der Waals surface area (Å²) in [6.07, 6.45) is 7.00. The molecule has 0 saturated carbocycles. The van der Waals surface area contributed by atoms with Crippen LogP contribution in [-0.4, -0.2) is 44.8 Å². The monoisotopic (exact) mass is 496 g/mol. The highest BCUT2D eigenvalue weighted by atomic mass is 19.1. The number of benzene rings is 2. The summed E-state index contributed by atoms with van der Waals surface area (Å²) in [6, 6.07) is 18.7. The smallest absolute Gasteiger partial charge is 0.232 e. The minimum absolute atomic E-state index is 0.0916. The lowest BCUT2D eigenvalue weighted by Gasteiger charge is -2.40. The van der Waals surface area contributed by atoms with Crippen molar-refractivity contribution in [2.24, 2.45) is 5.92 Å². The fourth-order valence-corrected chi connectivity index (χ4v) is 5.54. The molecule has 188 valence electrons. The van der Waals surface area contributed by atoms with Gasteiger partial charge in [0, 0.05) is 42.8 Å². The van der Waals surface area contributed by atoms with Gasteiger partial charge in [-0.25, -0.2) is 9.37 Å². The van der Waals surface area contributed by atoms with E-state index in [-0.39, 0.29) is 23.7 Å². The van der Waals surface area contributed by atoms with E-state index in [2.05, 4.69) is 27.0 Å². The second-order valence-electron chi connectivity index (χ2n) is 9.89. The fraction of sp³-hybridized carbons (Fsp3) is 0.310. The minimum atomic E-state index is -0.252. The predicted molar refractivity (Wildman–Crippen MR) is 141 cm³/mol. The number of carbonyl (C=O) groups is 1. The Morgan fingerprint density at radius 3 is 2.62 bits per heavy atom. The summed E-state index contributed by atoms with van der Waals surface area (Å²) in [7, 11) is 0. The molecule has 7 nitrogen and oxygen atoms in total. The molecule has 2 atom stereocenters. The molecule has 4 heterocycles. The van der Waals surface area contributed by atoms with Crippen molar-refractivity contribution in [3.63, 3.8) is 0 Å². The van der Waals surface area contributed by atoms with Gasteiger partial charge in [-0.1, -0.05) is 30.3 Å². The lowest BCUT2D eigenvalue weighted by molar-refractivity contribution is -0.123. The first-order chi connectivity index (χ1) is 18.1. The van der Waals surface area contributed by atoms with Crippen LogP contribution in [0.5, 0.6) is 0 Å². The molecule has 4 aromatic rings. The number of halogens is 1. The van der Waals surface area contributed by atoms with Crippen LogP contribution in [0.15, 0.2) is 73.1 Å². The number of nitrogens with zero attached hydrogens (tertiary/aromatic N) is 6. The van der Waals surface area contributed by atoms with Gasteiger partial charge < -0.3 is 9.80 Å². The van der Waals surface area contributed by atoms with E-state index in [1.807, 2.05) is 58.1 Å². The summed E-state index contributed by atoms with van der Waals surface area (Å²) in [4.78, 5) is 22.3. The number of aryl methyl sites for hydroxylation is 1. The Morgan fingerprint density at radius 2 is 1.81 bits per heavy atom. The van der Waals surface area contributed by atoms with Gasteiger partial charge in [0.2, 0.25) is 5.91 Å². The van der Waals surface area contributed by atoms with Gasteiger partial charge in [-0.05, 0) is 68.5 Å². The number of piperidine rings is 1. The number of rotatable bonds is 4. The van der Waals surface area contributed by atoms with E-state index in [0.717, 1.165) is 60.7 Å². The zero-order chi connectivity index (χ0) is 25.4. The normalized spacial score (nSPS) is 19.5. The summed E-state index contributed by atoms with van der Waals surface area (Å²) < 4.78 is 15.7. The van der Waals surface area contributed by atoms with Crippen LogP contribution in [0.1, 0.15) is 31.7 Å². The van der Waals surface area contributed by atoms with Gasteiger partial charge in [0.25, 0.3) is 0 Å². The first-order valence-electron chi connectivity index (χ1n) is 12.9. The van der Waals surface area contributed by atoms with Crippen molar-refractivity contribution >= 4 is 17.4 Å². The van der Waals surface area contributed by atoms with Crippen molar-refractivity contribution in [1.29, 1.82) is 0 Å². The maximum atomic E-state index is 13.8. The van der Waals surface area contributed by atoms with Crippen molar-refractivity contribution in [3.05, 3.63) is 84.4 Å². The Labute approximate surface area is 215 Å². The Morgan fingerprint density at radius 1 is 1.00 bits per heavy atom. The second kappa shape index (κ2) is 9.76. The molecule has 0 bridgehead atoms. The molecule has 1 fully saturated rings. The Bertz CT molecular complexity index is 1400. The highest BCUT2D eigenvalue weighted by Gasteiger charge is 2.35. The molecule has 0 aliphatic carbocycles. The van der Waals surface area contributed by atoms with Gasteiger partial charge in [-0.15, -0.1) is 10.2 Å². The molecule has 0 spiro atoms. The minimum Gasteiger partial charge on any atom is -0.354 e. The van der Waals surface area contributed by atoms with E-state index in [4.69, 9.17) is 0 Å². The van der Waals surface area contributed by atoms with Crippen molar-refractivity contribution in [1.82, 2.24) is 19.7 Å². The number of aromatic nitrogens is 4. The average molecular weight is 497 g/mol. The van der Waals surface area contributed by atoms with Crippen LogP contribution in [0.25, 0.3) is 17.2 Å². The first-order valence-corrected chi connectivity index (χ1v) is 12.9. The molecule has 2 aliphatic heterocycles. The molecule has 37 heavy (non-hydrogen) atoms. The molecule has 6 rings (SSSR count). The molecular formula is C29H29FN6O. The molecule has 8 heteroatoms. The summed E-state index contributed by atoms with van der Waals surface area (Å²) in [5.74, 6) is 1.97. The van der Waals surface area contributed by atoms with E-state index in [9.17, 15) is 9.18 Å². The summed E-state index contributed by atoms with van der Waals surface area (Å²) in [5, 5.41) is 9.01. The summed E-state index contributed by atoms with van der Waals surface area (Å²) >= 11 is 0. The SMILES string of the molecule is CC1CCc2cc(F)ccc2N1C(=O)C1CCCN(c2ccc(-n3ccnc3-c3ccccc3)nn2)C1. The third-order valence-corrected chi connectivity index (χ3v) is 7.46. The number of carbonyl (C=O) groups excluding carboxylic acids is 1. The molecule has 1 saturated heterocycles. The Kier molecular flexibility index (Phi) is 6.16. The number of fused-ring (bicyclic) bond motifs is 1. The number of hydrogen-bond donors (Lipinski definition) is 0. The van der Waals surface area contributed by atoms with E-state index < -0.39 is 0 Å². The number of hydrogen-bond acceptors (Lipinski definition) is 5. The molecule has 2 aromatic heterocycles. The van der Waals surface area contributed by atoms with Crippen LogP contribution in [0.4, 0.5) is 15.9 Å². The number of anilines is 2. The molecular weight excluding hydrogens is 467 g/mol. The van der Waals surface area contributed by atoms with Crippen molar-refractivity contribution in [2.45, 2.75) is 38.6 Å². The summed E-state index contributed by atoms with van der Waals surface area (Å²) in [5.41, 5.74) is 2.77. The number of imidazole rings is 1. The molecule has 2 aliphatic rings. The largest absolute Gasteiger partial charge is 0.354 e. The molecule has 2 unspecified atom stereocenters. The molecule has 1 amide bonds. The van der Waals surface area contributed by atoms with Crippen molar-refractivity contribution in [3.8, 4) is 17.2 Å². The molecule has 0 radical (unpaired) electrons. The fourth-order valence-electron chi connectivity index (χ4n) is 5.54. The van der Waals surface area contributed by atoms with Gasteiger partial charge in [-0.3, -0.25) is 9.36 Å². The van der Waals surface area contributed by atoms with Gasteiger partial charge in [-0.2, -0.15) is 0 Å². The van der Waals surface area contributed by atoms with Gasteiger partial charge in [0.15, 0.2) is 11.6 Å². The van der Waals surface area contributed by atoms with Gasteiger partial charge in [0.05, 0.1) is 5.92 Å². The number of amides is 1. The topological polar surface area (TPSA) is 67.2 Å². The second-order valence-corrected chi connectivity index (χ2v) is 9.89. The Hall–Kier alpha value is -4.07. The van der Waals surface area contributed by atoms with E-state index in [1.165, 1.54) is 6.07 Å². The predicted octanol–water partition coefficient (Wildman–Crippen LogP) is 5.05. The van der Waals surface area contributed by atoms with E-state index in [0.29, 0.717) is 12.4 Å². The van der Waals surface area contributed by atoms with E-state index in [1.54, 1.807) is 18.3 Å². The highest BCUT2D eigenvalue weighted by Crippen LogP contribution is 2.34. The molecule has 2 aromatic carbocycles. The third-order valence-electron chi connectivity index (χ3n) is 7.46. The zero-order valence-electron chi connectivity index (χ0n) is 20.8. The van der Waals surface area contributed by atoms with Crippen LogP contribution in [0.3, 0.4) is 0 Å². The first kappa shape index (κ1) is 23.3. The maximum absolute atomic E-state index is 13.8. The van der Waals surface area contributed by atoms with Gasteiger partial charge >= 0.3 is 0 Å². The Balaban J connectivity index is 1.20. The van der Waals surface area contributed by atoms with Crippen LogP contribution in [-0.2, 0) is 11.2 Å². The van der Waals surface area contributed by atoms with Crippen LogP contribution >= 0.6 is 0 Å². The van der Waals surface area contributed by atoms with Crippen molar-refractivity contribution < 1.29 is 9.18 Å².